The van der Waals surface area contributed by atoms with Crippen molar-refractivity contribution in [3.8, 4) is 16.6 Å². The van der Waals surface area contributed by atoms with Crippen LogP contribution in [0, 0.1) is 11.6 Å². The molecule has 1 unspecified atom stereocenters. The van der Waals surface area contributed by atoms with E-state index in [-0.39, 0.29) is 32.0 Å². The molecule has 224 valence electrons. The molecule has 1 fully saturated rings. The Hall–Kier alpha value is -4.40. The summed E-state index contributed by atoms with van der Waals surface area (Å²) in [5, 5.41) is 14.6. The normalized spacial score (nSPS) is 14.6. The first-order chi connectivity index (χ1) is 20.6. The number of carboxylic acid groups (broad SMARTS) is 1. The molecule has 0 saturated carbocycles. The number of nitrogens with one attached hydrogen (secondary N) is 2. The van der Waals surface area contributed by atoms with Crippen LogP contribution in [0.5, 0.6) is 16.6 Å². The number of aromatic nitrogens is 1. The van der Waals surface area contributed by atoms with Crippen LogP contribution < -0.4 is 20.1 Å². The molecule has 1 aliphatic heterocycles. The van der Waals surface area contributed by atoms with Crippen molar-refractivity contribution in [1.82, 2.24) is 10.3 Å². The van der Waals surface area contributed by atoms with E-state index in [1.54, 1.807) is 0 Å². The van der Waals surface area contributed by atoms with Crippen molar-refractivity contribution in [2.24, 2.45) is 0 Å². The van der Waals surface area contributed by atoms with Crippen LogP contribution in [-0.4, -0.2) is 48.7 Å². The Morgan fingerprint density at radius 2 is 1.72 bits per heavy atom. The van der Waals surface area contributed by atoms with E-state index < -0.39 is 44.7 Å². The minimum absolute atomic E-state index is 0.0881. The van der Waals surface area contributed by atoms with Gasteiger partial charge in [-0.1, -0.05) is 23.5 Å². The van der Waals surface area contributed by atoms with Gasteiger partial charge in [-0.15, -0.1) is 0 Å². The van der Waals surface area contributed by atoms with Gasteiger partial charge in [0.25, 0.3) is 5.91 Å². The quantitative estimate of drug-likeness (QED) is 0.216. The zero-order valence-corrected chi connectivity index (χ0v) is 24.0. The van der Waals surface area contributed by atoms with Crippen LogP contribution in [0.25, 0.3) is 0 Å². The van der Waals surface area contributed by atoms with Crippen molar-refractivity contribution in [2.45, 2.75) is 29.1 Å². The average molecular weight is 630 g/mol. The number of thiazole rings is 1. The number of sulfone groups is 1. The van der Waals surface area contributed by atoms with Gasteiger partial charge in [0.05, 0.1) is 21.9 Å². The lowest BCUT2D eigenvalue weighted by Crippen LogP contribution is -2.35. The Morgan fingerprint density at radius 1 is 1.02 bits per heavy atom. The first kappa shape index (κ1) is 30.1. The predicted octanol–water partition coefficient (Wildman–Crippen LogP) is 5.20. The lowest BCUT2D eigenvalue weighted by Gasteiger charge is -2.23. The Kier molecular flexibility index (Phi) is 8.99. The molecule has 0 spiro atoms. The molecule has 3 aromatic carbocycles. The molecular weight excluding hydrogens is 604 g/mol. The van der Waals surface area contributed by atoms with Crippen LogP contribution in [0.4, 0.5) is 13.9 Å². The molecule has 5 rings (SSSR count). The fourth-order valence-corrected chi connectivity index (χ4v) is 6.87. The minimum atomic E-state index is -3.61. The van der Waals surface area contributed by atoms with E-state index in [0.29, 0.717) is 37.7 Å². The summed E-state index contributed by atoms with van der Waals surface area (Å²) < 4.78 is 65.6. The van der Waals surface area contributed by atoms with Gasteiger partial charge >= 0.3 is 5.97 Å². The Balaban J connectivity index is 1.36. The molecule has 1 aliphatic rings. The monoisotopic (exact) mass is 629 g/mol. The average Bonchev–Trinajstić information content (AvgIpc) is 3.43. The lowest BCUT2D eigenvalue weighted by molar-refractivity contribution is -0.123. The highest BCUT2D eigenvalue weighted by molar-refractivity contribution is 7.92. The molecule has 3 N–H and O–H groups in total. The van der Waals surface area contributed by atoms with Crippen LogP contribution in [0.2, 0.25) is 0 Å². The Labute approximate surface area is 249 Å². The molecule has 0 aliphatic carbocycles. The van der Waals surface area contributed by atoms with Gasteiger partial charge in [0.15, 0.2) is 26.5 Å². The molecular formula is C29H25F2N3O7S2. The van der Waals surface area contributed by atoms with E-state index in [9.17, 15) is 26.8 Å². The van der Waals surface area contributed by atoms with Crippen molar-refractivity contribution in [3.05, 3.63) is 95.7 Å². The maximum Gasteiger partial charge on any atom is 0.335 e. The number of carbonyl (C=O) groups excluding carboxylic acids is 1. The van der Waals surface area contributed by atoms with E-state index in [4.69, 9.17) is 14.6 Å². The molecule has 0 bridgehead atoms. The minimum Gasteiger partial charge on any atom is -0.478 e. The van der Waals surface area contributed by atoms with Gasteiger partial charge in [0.1, 0.15) is 11.6 Å². The summed E-state index contributed by atoms with van der Waals surface area (Å²) in [4.78, 5) is 28.7. The zero-order valence-electron chi connectivity index (χ0n) is 22.3. The van der Waals surface area contributed by atoms with Gasteiger partial charge in [-0.25, -0.2) is 27.0 Å². The number of rotatable bonds is 10. The van der Waals surface area contributed by atoms with Crippen molar-refractivity contribution < 1.29 is 41.4 Å². The third-order valence-electron chi connectivity index (χ3n) is 6.65. The van der Waals surface area contributed by atoms with Gasteiger partial charge in [-0.05, 0) is 74.5 Å². The molecule has 1 amide bonds. The number of hydrogen-bond donors (Lipinski definition) is 3. The molecule has 1 aromatic heterocycles. The second kappa shape index (κ2) is 12.9. The summed E-state index contributed by atoms with van der Waals surface area (Å²) >= 11 is 0.967. The number of amides is 1. The highest BCUT2D eigenvalue weighted by Crippen LogP contribution is 2.33. The van der Waals surface area contributed by atoms with Crippen LogP contribution >= 0.6 is 11.3 Å². The number of benzene rings is 3. The molecule has 4 aromatic rings. The number of nitrogens with zero attached hydrogens (tertiary/aromatic N) is 1. The van der Waals surface area contributed by atoms with E-state index >= 15 is 0 Å². The van der Waals surface area contributed by atoms with Crippen molar-refractivity contribution in [1.29, 1.82) is 0 Å². The molecule has 1 atom stereocenters. The fourth-order valence-electron chi connectivity index (χ4n) is 4.42. The highest BCUT2D eigenvalue weighted by Gasteiger charge is 2.30. The standard InChI is InChI=1S/C29H25F2N3O7S2/c30-19-5-10-24(23(31)15-19)41-26(17-3-8-21(9-4-17)43(38,39)22-11-13-32-14-12-22)27(35)34-29-33-16-25(42-29)40-20-6-1-18(2-7-20)28(36)37/h1-10,15-16,22,26,32H,11-14H2,(H,36,37)(H,33,34,35). The fraction of sp³-hybridized carbons (Fsp3) is 0.207. The number of halogens is 2. The maximum atomic E-state index is 14.5. The van der Waals surface area contributed by atoms with E-state index in [2.05, 4.69) is 15.6 Å². The van der Waals surface area contributed by atoms with Crippen molar-refractivity contribution in [3.63, 3.8) is 0 Å². The van der Waals surface area contributed by atoms with Crippen LogP contribution in [-0.2, 0) is 14.6 Å². The van der Waals surface area contributed by atoms with Crippen LogP contribution in [0.1, 0.15) is 34.9 Å². The number of aromatic carboxylic acids is 1. The number of piperidine rings is 1. The van der Waals surface area contributed by atoms with Gasteiger partial charge in [0, 0.05) is 11.6 Å². The first-order valence-electron chi connectivity index (χ1n) is 13.0. The SMILES string of the molecule is O=C(O)c1ccc(Oc2cnc(NC(=O)C(Oc3ccc(F)cc3F)c3ccc(S(=O)(=O)C4CCNCC4)cc3)s2)cc1. The largest absolute Gasteiger partial charge is 0.478 e. The summed E-state index contributed by atoms with van der Waals surface area (Å²) in [6.07, 6.45) is 0.846. The second-order valence-electron chi connectivity index (χ2n) is 9.54. The van der Waals surface area contributed by atoms with E-state index in [1.165, 1.54) is 54.7 Å². The van der Waals surface area contributed by atoms with Gasteiger partial charge < -0.3 is 19.9 Å². The molecule has 1 saturated heterocycles. The van der Waals surface area contributed by atoms with Crippen molar-refractivity contribution >= 4 is 38.2 Å². The summed E-state index contributed by atoms with van der Waals surface area (Å²) in [7, 11) is -3.61. The summed E-state index contributed by atoms with van der Waals surface area (Å²) in [6, 6.07) is 13.9. The number of carboxylic acids is 1. The van der Waals surface area contributed by atoms with Gasteiger partial charge in [-0.2, -0.15) is 0 Å². The molecule has 2 heterocycles. The summed E-state index contributed by atoms with van der Waals surface area (Å²) in [6.45, 7) is 1.20. The Bertz CT molecular complexity index is 1720. The molecule has 43 heavy (non-hydrogen) atoms. The summed E-state index contributed by atoms with van der Waals surface area (Å²) in [5.74, 6) is -3.73. The predicted molar refractivity (Wildman–Crippen MR) is 153 cm³/mol. The Morgan fingerprint density at radius 3 is 2.37 bits per heavy atom. The molecule has 0 radical (unpaired) electrons. The van der Waals surface area contributed by atoms with Gasteiger partial charge in [0.2, 0.25) is 11.2 Å². The second-order valence-corrected chi connectivity index (χ2v) is 12.8. The number of anilines is 1. The van der Waals surface area contributed by atoms with Crippen LogP contribution in [0.3, 0.4) is 0 Å². The van der Waals surface area contributed by atoms with Gasteiger partial charge in [-0.3, -0.25) is 10.1 Å². The molecule has 14 heteroatoms. The third-order valence-corrected chi connectivity index (χ3v) is 9.72. The van der Waals surface area contributed by atoms with E-state index in [0.717, 1.165) is 23.5 Å². The first-order valence-corrected chi connectivity index (χ1v) is 15.4. The highest BCUT2D eigenvalue weighted by atomic mass is 32.2. The third kappa shape index (κ3) is 7.16. The number of carbonyl (C=O) groups is 2. The van der Waals surface area contributed by atoms with Crippen molar-refractivity contribution in [2.75, 3.05) is 18.4 Å². The summed E-state index contributed by atoms with van der Waals surface area (Å²) in [5.41, 5.74) is 0.308. The zero-order chi connectivity index (χ0) is 30.6. The van der Waals surface area contributed by atoms with E-state index in [1.807, 2.05) is 0 Å². The number of hydrogen-bond acceptors (Lipinski definition) is 9. The smallest absolute Gasteiger partial charge is 0.335 e. The molecule has 10 nitrogen and oxygen atoms in total. The lowest BCUT2D eigenvalue weighted by atomic mass is 10.1. The maximum absolute atomic E-state index is 14.5. The van der Waals surface area contributed by atoms with Crippen LogP contribution in [0.15, 0.2) is 77.8 Å². The topological polar surface area (TPSA) is 144 Å². The number of ether oxygens (including phenoxy) is 2.